The fourth-order valence-corrected chi connectivity index (χ4v) is 2.59. The molecular weight excluding hydrogens is 314 g/mol. The maximum absolute atomic E-state index is 12.0. The molecule has 0 aliphatic heterocycles. The first-order valence-corrected chi connectivity index (χ1v) is 7.93. The average Bonchev–Trinajstić information content (AvgIpc) is 3.17. The van der Waals surface area contributed by atoms with Gasteiger partial charge in [0.2, 0.25) is 5.89 Å². The summed E-state index contributed by atoms with van der Waals surface area (Å²) in [5, 5.41) is 14.1. The number of amides is 1. The van der Waals surface area contributed by atoms with Gasteiger partial charge in [0.15, 0.2) is 0 Å². The van der Waals surface area contributed by atoms with Gasteiger partial charge in [-0.25, -0.2) is 0 Å². The van der Waals surface area contributed by atoms with E-state index < -0.39 is 0 Å². The smallest absolute Gasteiger partial charge is 0.322 e. The number of hydrogen-bond acceptors (Lipinski definition) is 7. The fourth-order valence-electron chi connectivity index (χ4n) is 2.04. The van der Waals surface area contributed by atoms with Crippen LogP contribution in [-0.2, 0) is 12.8 Å². The van der Waals surface area contributed by atoms with Crippen molar-refractivity contribution in [2.45, 2.75) is 26.7 Å². The van der Waals surface area contributed by atoms with Gasteiger partial charge in [-0.2, -0.15) is 0 Å². The van der Waals surface area contributed by atoms with Crippen LogP contribution in [0.4, 0.5) is 6.01 Å². The lowest BCUT2D eigenvalue weighted by molar-refractivity contribution is 0.102. The Balaban J connectivity index is 1.65. The minimum absolute atomic E-state index is 0.0722. The molecule has 2 heterocycles. The summed E-state index contributed by atoms with van der Waals surface area (Å²) in [4.78, 5) is 12.5. The molecule has 7 nitrogen and oxygen atoms in total. The van der Waals surface area contributed by atoms with E-state index >= 15 is 0 Å². The highest BCUT2D eigenvalue weighted by atomic mass is 32.1. The van der Waals surface area contributed by atoms with E-state index in [9.17, 15) is 4.79 Å². The van der Waals surface area contributed by atoms with Crippen LogP contribution in [0, 0.1) is 6.92 Å². The Morgan fingerprint density at radius 2 is 1.91 bits per heavy atom. The summed E-state index contributed by atoms with van der Waals surface area (Å²) in [5.41, 5.74) is 2.93. The number of rotatable bonds is 5. The third-order valence-electron chi connectivity index (χ3n) is 3.33. The van der Waals surface area contributed by atoms with Crippen LogP contribution in [0.15, 0.2) is 28.7 Å². The predicted octanol–water partition coefficient (Wildman–Crippen LogP) is 2.64. The molecular formula is C15H15N5O2S. The number of nitrogens with zero attached hydrogens (tertiary/aromatic N) is 4. The molecule has 0 aliphatic carbocycles. The van der Waals surface area contributed by atoms with Gasteiger partial charge in [-0.1, -0.05) is 40.8 Å². The van der Waals surface area contributed by atoms with Crippen LogP contribution in [0.2, 0.25) is 0 Å². The van der Waals surface area contributed by atoms with Crippen LogP contribution in [0.1, 0.15) is 39.3 Å². The van der Waals surface area contributed by atoms with Gasteiger partial charge in [0.25, 0.3) is 5.91 Å². The van der Waals surface area contributed by atoms with Crippen LogP contribution < -0.4 is 5.32 Å². The summed E-state index contributed by atoms with van der Waals surface area (Å²) in [6, 6.07) is 8.30. The third-order valence-corrected chi connectivity index (χ3v) is 4.16. The van der Waals surface area contributed by atoms with E-state index in [1.165, 1.54) is 5.56 Å². The van der Waals surface area contributed by atoms with Crippen LogP contribution in [-0.4, -0.2) is 25.7 Å². The van der Waals surface area contributed by atoms with E-state index in [1.807, 2.05) is 12.1 Å². The standard InChI is InChI=1S/C15H15N5O2S/c1-3-10-4-6-11(7-5-10)8-12-18-19-15(22-12)16-14(21)13-9(2)17-20-23-13/h4-7H,3,8H2,1-2H3,(H,16,19,21). The Labute approximate surface area is 136 Å². The highest BCUT2D eigenvalue weighted by molar-refractivity contribution is 7.08. The number of nitrogens with one attached hydrogen (secondary N) is 1. The van der Waals surface area contributed by atoms with E-state index in [1.54, 1.807) is 6.92 Å². The number of carbonyl (C=O) groups excluding carboxylic acids is 1. The summed E-state index contributed by atoms with van der Waals surface area (Å²) < 4.78 is 9.19. The zero-order chi connectivity index (χ0) is 16.2. The summed E-state index contributed by atoms with van der Waals surface area (Å²) in [5.74, 6) is 0.101. The zero-order valence-electron chi connectivity index (χ0n) is 12.7. The molecule has 0 atom stereocenters. The normalized spacial score (nSPS) is 10.7. The lowest BCUT2D eigenvalue weighted by Crippen LogP contribution is -2.11. The summed E-state index contributed by atoms with van der Waals surface area (Å²) >= 11 is 1.03. The molecule has 2 aromatic heterocycles. The van der Waals surface area contributed by atoms with Gasteiger partial charge in [0, 0.05) is 0 Å². The number of aromatic nitrogens is 4. The molecule has 0 saturated carbocycles. The minimum Gasteiger partial charge on any atom is -0.407 e. The van der Waals surface area contributed by atoms with Gasteiger partial charge in [0.1, 0.15) is 4.88 Å². The molecule has 3 aromatic rings. The largest absolute Gasteiger partial charge is 0.407 e. The van der Waals surface area contributed by atoms with Gasteiger partial charge >= 0.3 is 6.01 Å². The minimum atomic E-state index is -0.347. The van der Waals surface area contributed by atoms with Crippen molar-refractivity contribution >= 4 is 23.5 Å². The Morgan fingerprint density at radius 1 is 1.17 bits per heavy atom. The number of hydrogen-bond donors (Lipinski definition) is 1. The molecule has 1 aromatic carbocycles. The van der Waals surface area contributed by atoms with Crippen molar-refractivity contribution in [2.75, 3.05) is 5.32 Å². The van der Waals surface area contributed by atoms with Crippen LogP contribution in [0.3, 0.4) is 0 Å². The SMILES string of the molecule is CCc1ccc(Cc2nnc(NC(=O)c3snnc3C)o2)cc1. The van der Waals surface area contributed by atoms with Gasteiger partial charge in [0.05, 0.1) is 12.1 Å². The molecule has 0 saturated heterocycles. The quantitative estimate of drug-likeness (QED) is 0.773. The van der Waals surface area contributed by atoms with E-state index in [4.69, 9.17) is 4.42 Å². The molecule has 1 amide bonds. The Hall–Kier alpha value is -2.61. The molecule has 0 bridgehead atoms. The van der Waals surface area contributed by atoms with E-state index in [0.717, 1.165) is 23.5 Å². The Kier molecular flexibility index (Phi) is 4.42. The summed E-state index contributed by atoms with van der Waals surface area (Å²) in [6.07, 6.45) is 1.52. The van der Waals surface area contributed by atoms with Crippen LogP contribution in [0.5, 0.6) is 0 Å². The lowest BCUT2D eigenvalue weighted by atomic mass is 10.1. The molecule has 23 heavy (non-hydrogen) atoms. The number of anilines is 1. The van der Waals surface area contributed by atoms with Crippen molar-refractivity contribution in [3.05, 3.63) is 51.9 Å². The zero-order valence-corrected chi connectivity index (χ0v) is 13.6. The van der Waals surface area contributed by atoms with Crippen molar-refractivity contribution in [3.63, 3.8) is 0 Å². The molecule has 0 spiro atoms. The van der Waals surface area contributed by atoms with Crippen molar-refractivity contribution in [1.29, 1.82) is 0 Å². The second kappa shape index (κ2) is 6.66. The summed E-state index contributed by atoms with van der Waals surface area (Å²) in [6.45, 7) is 3.83. The Morgan fingerprint density at radius 3 is 2.57 bits per heavy atom. The monoisotopic (exact) mass is 329 g/mol. The van der Waals surface area contributed by atoms with Gasteiger partial charge in [-0.3, -0.25) is 10.1 Å². The van der Waals surface area contributed by atoms with Crippen molar-refractivity contribution in [2.24, 2.45) is 0 Å². The first kappa shape index (κ1) is 15.3. The molecule has 118 valence electrons. The van der Waals surface area contributed by atoms with Crippen LogP contribution >= 0.6 is 11.5 Å². The molecule has 0 fully saturated rings. The number of benzene rings is 1. The second-order valence-corrected chi connectivity index (χ2v) is 5.74. The van der Waals surface area contributed by atoms with E-state index in [-0.39, 0.29) is 11.9 Å². The maximum Gasteiger partial charge on any atom is 0.322 e. The first-order chi connectivity index (χ1) is 11.2. The van der Waals surface area contributed by atoms with Gasteiger partial charge in [-0.15, -0.1) is 10.2 Å². The Bertz CT molecular complexity index is 809. The molecule has 0 radical (unpaired) electrons. The first-order valence-electron chi connectivity index (χ1n) is 7.16. The third kappa shape index (κ3) is 3.59. The highest BCUT2D eigenvalue weighted by Crippen LogP contribution is 2.15. The number of aryl methyl sites for hydroxylation is 2. The molecule has 8 heteroatoms. The highest BCUT2D eigenvalue weighted by Gasteiger charge is 2.16. The molecule has 0 unspecified atom stereocenters. The molecule has 0 aliphatic rings. The predicted molar refractivity (Wildman–Crippen MR) is 85.5 cm³/mol. The van der Waals surface area contributed by atoms with Gasteiger partial charge < -0.3 is 4.42 Å². The molecule has 1 N–H and O–H groups in total. The van der Waals surface area contributed by atoms with Crippen molar-refractivity contribution in [1.82, 2.24) is 19.8 Å². The summed E-state index contributed by atoms with van der Waals surface area (Å²) in [7, 11) is 0. The number of carbonyl (C=O) groups is 1. The van der Waals surface area contributed by atoms with Crippen LogP contribution in [0.25, 0.3) is 0 Å². The lowest BCUT2D eigenvalue weighted by Gasteiger charge is -1.99. The molecule has 3 rings (SSSR count). The fraction of sp³-hybridized carbons (Fsp3) is 0.267. The topological polar surface area (TPSA) is 93.8 Å². The van der Waals surface area contributed by atoms with Gasteiger partial charge in [-0.05, 0) is 36.0 Å². The van der Waals surface area contributed by atoms with Crippen molar-refractivity contribution in [3.8, 4) is 0 Å². The van der Waals surface area contributed by atoms with Crippen molar-refractivity contribution < 1.29 is 9.21 Å². The average molecular weight is 329 g/mol. The maximum atomic E-state index is 12.0. The van der Waals surface area contributed by atoms with E-state index in [0.29, 0.717) is 22.9 Å². The second-order valence-electron chi connectivity index (χ2n) is 4.99. The van der Waals surface area contributed by atoms with E-state index in [2.05, 4.69) is 44.2 Å².